The van der Waals surface area contributed by atoms with E-state index in [0.717, 1.165) is 19.8 Å². The lowest BCUT2D eigenvalue weighted by molar-refractivity contribution is -0.115. The van der Waals surface area contributed by atoms with Crippen molar-refractivity contribution in [3.8, 4) is 11.5 Å². The van der Waals surface area contributed by atoms with Crippen molar-refractivity contribution in [3.63, 3.8) is 0 Å². The molecule has 2 aromatic carbocycles. The van der Waals surface area contributed by atoms with Gasteiger partial charge in [-0.2, -0.15) is 5.10 Å². The van der Waals surface area contributed by atoms with Gasteiger partial charge in [-0.25, -0.2) is 0 Å². The van der Waals surface area contributed by atoms with Gasteiger partial charge >= 0.3 is 0 Å². The minimum absolute atomic E-state index is 0.0382. The number of thioether (sulfide) groups is 1. The second kappa shape index (κ2) is 9.45. The average Bonchev–Trinajstić information content (AvgIpc) is 2.96. The van der Waals surface area contributed by atoms with Crippen molar-refractivity contribution in [2.45, 2.75) is 0 Å². The first kappa shape index (κ1) is 22.1. The number of hydrogen-bond acceptors (Lipinski definition) is 6. The van der Waals surface area contributed by atoms with Crippen molar-refractivity contribution in [1.82, 2.24) is 5.32 Å². The molecule has 0 radical (unpaired) electrons. The van der Waals surface area contributed by atoms with E-state index < -0.39 is 0 Å². The van der Waals surface area contributed by atoms with E-state index in [0.29, 0.717) is 29.2 Å². The van der Waals surface area contributed by atoms with Crippen LogP contribution < -0.4 is 5.32 Å². The third-order valence-corrected chi connectivity index (χ3v) is 6.81. The van der Waals surface area contributed by atoms with Gasteiger partial charge < -0.3 is 10.2 Å². The molecule has 3 N–H and O–H groups in total. The van der Waals surface area contributed by atoms with Crippen LogP contribution in [0.4, 0.5) is 0 Å². The second-order valence-corrected chi connectivity index (χ2v) is 10.6. The summed E-state index contributed by atoms with van der Waals surface area (Å²) in [5, 5.41) is 31.1. The van der Waals surface area contributed by atoms with Crippen LogP contribution in [0.1, 0.15) is 11.1 Å². The maximum atomic E-state index is 12.2. The van der Waals surface area contributed by atoms with Crippen molar-refractivity contribution < 1.29 is 15.0 Å². The van der Waals surface area contributed by atoms with E-state index in [1.54, 1.807) is 24.3 Å². The molecular formula is C17H9Br2I2N3O3S. The summed E-state index contributed by atoms with van der Waals surface area (Å²) in [7, 11) is 0. The number of aromatic hydroxyl groups is 2. The molecule has 1 aliphatic rings. The molecule has 0 unspecified atom stereocenters. The summed E-state index contributed by atoms with van der Waals surface area (Å²) in [6.45, 7) is 0. The van der Waals surface area contributed by atoms with Crippen molar-refractivity contribution >= 4 is 112 Å². The Morgan fingerprint density at radius 2 is 1.82 bits per heavy atom. The molecule has 0 bridgehead atoms. The summed E-state index contributed by atoms with van der Waals surface area (Å²) in [6, 6.07) is 7.04. The Morgan fingerprint density at radius 3 is 2.57 bits per heavy atom. The molecule has 28 heavy (non-hydrogen) atoms. The van der Waals surface area contributed by atoms with E-state index in [-0.39, 0.29) is 17.4 Å². The molecule has 0 aliphatic carbocycles. The maximum Gasteiger partial charge on any atom is 0.264 e. The van der Waals surface area contributed by atoms with Crippen LogP contribution >= 0.6 is 88.8 Å². The van der Waals surface area contributed by atoms with E-state index in [1.807, 2.05) is 28.7 Å². The number of halogens is 4. The maximum absolute atomic E-state index is 12.2. The molecule has 0 saturated carbocycles. The molecule has 144 valence electrons. The van der Waals surface area contributed by atoms with Gasteiger partial charge in [0, 0.05) is 19.2 Å². The number of nitrogens with one attached hydrogen (secondary N) is 1. The standard InChI is InChI=1S/C17H9Br2I2N3O3S/c18-9-1-7(14(25)11(19)4-9)3-13-16(27)23-17(28-13)24-22-6-8-2-10(20)5-12(21)15(8)26/h1-6,25-26H,(H,23,24,27)/b13-3-,22-6+. The molecule has 1 amide bonds. The van der Waals surface area contributed by atoms with Gasteiger partial charge in [0.1, 0.15) is 11.5 Å². The number of amides is 1. The Bertz CT molecular complexity index is 1070. The van der Waals surface area contributed by atoms with E-state index >= 15 is 0 Å². The SMILES string of the molecule is O=C1N/C(=N\N=C\c2cc(I)cc(I)c2O)S/C1=C\c1cc(Br)cc(Br)c1O. The van der Waals surface area contributed by atoms with Crippen molar-refractivity contribution in [2.24, 2.45) is 10.2 Å². The summed E-state index contributed by atoms with van der Waals surface area (Å²) >= 11 is 11.9. The van der Waals surface area contributed by atoms with Gasteiger partial charge in [-0.15, -0.1) is 5.10 Å². The molecule has 1 aliphatic heterocycles. The third-order valence-electron chi connectivity index (χ3n) is 3.40. The molecule has 0 atom stereocenters. The molecule has 1 fully saturated rings. The Balaban J connectivity index is 1.81. The van der Waals surface area contributed by atoms with E-state index in [9.17, 15) is 15.0 Å². The van der Waals surface area contributed by atoms with Crippen LogP contribution in [-0.4, -0.2) is 27.5 Å². The zero-order valence-corrected chi connectivity index (χ0v) is 21.9. The molecule has 2 aromatic rings. The van der Waals surface area contributed by atoms with Gasteiger partial charge in [-0.05, 0) is 103 Å². The van der Waals surface area contributed by atoms with Crippen LogP contribution in [0, 0.1) is 7.14 Å². The van der Waals surface area contributed by atoms with E-state index in [1.165, 1.54) is 6.21 Å². The van der Waals surface area contributed by atoms with Crippen LogP contribution in [0.15, 0.2) is 48.3 Å². The highest BCUT2D eigenvalue weighted by Gasteiger charge is 2.24. The summed E-state index contributed by atoms with van der Waals surface area (Å²) in [5.74, 6) is -0.165. The Morgan fingerprint density at radius 1 is 1.07 bits per heavy atom. The summed E-state index contributed by atoms with van der Waals surface area (Å²) in [4.78, 5) is 12.5. The average molecular weight is 749 g/mol. The number of carbonyl (C=O) groups is 1. The van der Waals surface area contributed by atoms with Crippen molar-refractivity contribution in [3.05, 3.63) is 56.4 Å². The largest absolute Gasteiger partial charge is 0.506 e. The van der Waals surface area contributed by atoms with Gasteiger partial charge in [0.15, 0.2) is 5.17 Å². The van der Waals surface area contributed by atoms with E-state index in [2.05, 4.69) is 70.0 Å². The zero-order valence-electron chi connectivity index (χ0n) is 13.6. The predicted octanol–water partition coefficient (Wildman–Crippen LogP) is 5.43. The van der Waals surface area contributed by atoms with Crippen LogP contribution in [-0.2, 0) is 4.79 Å². The highest BCUT2D eigenvalue weighted by molar-refractivity contribution is 14.1. The second-order valence-electron chi connectivity index (χ2n) is 5.37. The summed E-state index contributed by atoms with van der Waals surface area (Å²) in [5.41, 5.74) is 1.02. The normalized spacial score (nSPS) is 17.1. The molecule has 0 spiro atoms. The van der Waals surface area contributed by atoms with Crippen molar-refractivity contribution in [1.29, 1.82) is 0 Å². The van der Waals surface area contributed by atoms with Crippen LogP contribution in [0.2, 0.25) is 0 Å². The number of amidine groups is 1. The number of hydrogen-bond donors (Lipinski definition) is 3. The lowest BCUT2D eigenvalue weighted by atomic mass is 10.2. The fourth-order valence-electron chi connectivity index (χ4n) is 2.14. The number of carbonyl (C=O) groups excluding carboxylic acids is 1. The number of phenolic OH excluding ortho intramolecular Hbond substituents is 2. The Hall–Kier alpha value is -0.640. The first-order chi connectivity index (χ1) is 13.2. The first-order valence-corrected chi connectivity index (χ1v) is 12.0. The Kier molecular flexibility index (Phi) is 7.44. The van der Waals surface area contributed by atoms with Gasteiger partial charge in [0.2, 0.25) is 0 Å². The minimum atomic E-state index is -0.332. The lowest BCUT2D eigenvalue weighted by Crippen LogP contribution is -2.19. The number of phenols is 2. The molecular weight excluding hydrogens is 740 g/mol. The molecule has 1 saturated heterocycles. The lowest BCUT2D eigenvalue weighted by Gasteiger charge is -2.03. The van der Waals surface area contributed by atoms with Crippen LogP contribution in [0.5, 0.6) is 11.5 Å². The monoisotopic (exact) mass is 747 g/mol. The minimum Gasteiger partial charge on any atom is -0.506 e. The highest BCUT2D eigenvalue weighted by atomic mass is 127. The Labute approximate surface area is 208 Å². The fraction of sp³-hybridized carbons (Fsp3) is 0. The van der Waals surface area contributed by atoms with Gasteiger partial charge in [-0.3, -0.25) is 10.1 Å². The van der Waals surface area contributed by atoms with Gasteiger partial charge in [0.25, 0.3) is 5.91 Å². The third kappa shape index (κ3) is 5.29. The van der Waals surface area contributed by atoms with Gasteiger partial charge in [-0.1, -0.05) is 15.9 Å². The smallest absolute Gasteiger partial charge is 0.264 e. The molecule has 3 rings (SSSR count). The topological polar surface area (TPSA) is 94.3 Å². The quantitative estimate of drug-likeness (QED) is 0.169. The first-order valence-electron chi connectivity index (χ1n) is 7.42. The summed E-state index contributed by atoms with van der Waals surface area (Å²) < 4.78 is 2.95. The summed E-state index contributed by atoms with van der Waals surface area (Å²) in [6.07, 6.45) is 3.00. The predicted molar refractivity (Wildman–Crippen MR) is 136 cm³/mol. The van der Waals surface area contributed by atoms with Crippen LogP contribution in [0.25, 0.3) is 6.08 Å². The fourth-order valence-corrected chi connectivity index (χ4v) is 6.06. The number of benzene rings is 2. The van der Waals surface area contributed by atoms with Crippen LogP contribution in [0.3, 0.4) is 0 Å². The molecule has 1 heterocycles. The zero-order chi connectivity index (χ0) is 20.4. The highest BCUT2D eigenvalue weighted by Crippen LogP contribution is 2.35. The van der Waals surface area contributed by atoms with E-state index in [4.69, 9.17) is 0 Å². The molecule has 0 aromatic heterocycles. The van der Waals surface area contributed by atoms with Crippen molar-refractivity contribution in [2.75, 3.05) is 0 Å². The molecule has 11 heteroatoms. The number of nitrogens with zero attached hydrogens (tertiary/aromatic N) is 2. The molecule has 6 nitrogen and oxygen atoms in total. The van der Waals surface area contributed by atoms with Gasteiger partial charge in [0.05, 0.1) is 19.2 Å². The number of rotatable bonds is 3.